The Balaban J connectivity index is 1.33. The Morgan fingerprint density at radius 3 is 2.71 bits per heavy atom. The summed E-state index contributed by atoms with van der Waals surface area (Å²) in [6.45, 7) is 9.58. The summed E-state index contributed by atoms with van der Waals surface area (Å²) in [4.78, 5) is 28.0. The molecule has 212 valence electrons. The first-order valence-electron chi connectivity index (χ1n) is 14.0. The van der Waals surface area contributed by atoms with Crippen molar-refractivity contribution in [3.63, 3.8) is 0 Å². The molecular formula is C31H33FN6O3. The number of nitriles is 1. The monoisotopic (exact) mass is 556 g/mol. The van der Waals surface area contributed by atoms with Gasteiger partial charge < -0.3 is 24.2 Å². The van der Waals surface area contributed by atoms with E-state index in [0.717, 1.165) is 30.0 Å². The molecule has 41 heavy (non-hydrogen) atoms. The van der Waals surface area contributed by atoms with Gasteiger partial charge in [-0.2, -0.15) is 15.2 Å². The quantitative estimate of drug-likeness (QED) is 0.404. The third-order valence-corrected chi connectivity index (χ3v) is 8.21. The van der Waals surface area contributed by atoms with Crippen molar-refractivity contribution < 1.29 is 18.7 Å². The van der Waals surface area contributed by atoms with E-state index in [-0.39, 0.29) is 13.0 Å². The van der Waals surface area contributed by atoms with Gasteiger partial charge in [-0.15, -0.1) is 0 Å². The number of fused-ring (bicyclic) bond motifs is 2. The van der Waals surface area contributed by atoms with Crippen molar-refractivity contribution in [1.29, 1.82) is 5.26 Å². The number of anilines is 2. The minimum absolute atomic E-state index is 0.0854. The van der Waals surface area contributed by atoms with Gasteiger partial charge in [0.2, 0.25) is 0 Å². The van der Waals surface area contributed by atoms with E-state index in [2.05, 4.69) is 65.8 Å². The first-order chi connectivity index (χ1) is 19.9. The van der Waals surface area contributed by atoms with Gasteiger partial charge >= 0.3 is 6.01 Å². The second-order valence-corrected chi connectivity index (χ2v) is 11.0. The molecule has 1 amide bonds. The van der Waals surface area contributed by atoms with Gasteiger partial charge in [0.05, 0.1) is 50.6 Å². The zero-order chi connectivity index (χ0) is 28.5. The summed E-state index contributed by atoms with van der Waals surface area (Å²) >= 11 is 0. The van der Waals surface area contributed by atoms with Gasteiger partial charge in [-0.3, -0.25) is 4.79 Å². The fourth-order valence-corrected chi connectivity index (χ4v) is 6.01. The maximum atomic E-state index is 13.7. The summed E-state index contributed by atoms with van der Waals surface area (Å²) in [6.07, 6.45) is 0.815. The molecule has 3 aliphatic rings. The summed E-state index contributed by atoms with van der Waals surface area (Å²) < 4.78 is 25.1. The first-order valence-corrected chi connectivity index (χ1v) is 14.0. The maximum absolute atomic E-state index is 13.7. The Labute approximate surface area is 238 Å². The van der Waals surface area contributed by atoms with Gasteiger partial charge in [0.25, 0.3) is 5.91 Å². The Bertz CT molecular complexity index is 1530. The molecule has 0 N–H and O–H groups in total. The predicted molar refractivity (Wildman–Crippen MR) is 153 cm³/mol. The van der Waals surface area contributed by atoms with Crippen LogP contribution in [0.25, 0.3) is 10.8 Å². The molecule has 9 nitrogen and oxygen atoms in total. The minimum Gasteiger partial charge on any atom is -0.463 e. The summed E-state index contributed by atoms with van der Waals surface area (Å²) in [5.74, 6) is -0.697. The van der Waals surface area contributed by atoms with Gasteiger partial charge in [-0.05, 0) is 30.4 Å². The second kappa shape index (κ2) is 11.3. The number of hydrogen-bond acceptors (Lipinski definition) is 8. The van der Waals surface area contributed by atoms with Crippen molar-refractivity contribution in [2.45, 2.75) is 32.4 Å². The molecule has 0 bridgehead atoms. The second-order valence-electron chi connectivity index (χ2n) is 11.0. The van der Waals surface area contributed by atoms with Crippen LogP contribution in [0.1, 0.15) is 23.2 Å². The van der Waals surface area contributed by atoms with Crippen molar-refractivity contribution in [1.82, 2.24) is 14.9 Å². The van der Waals surface area contributed by atoms with E-state index < -0.39 is 17.8 Å². The van der Waals surface area contributed by atoms with Crippen molar-refractivity contribution in [3.05, 3.63) is 65.6 Å². The third kappa shape index (κ3) is 5.30. The molecule has 0 aliphatic carbocycles. The lowest BCUT2D eigenvalue weighted by molar-refractivity contribution is -0.131. The van der Waals surface area contributed by atoms with Crippen LogP contribution < -0.4 is 14.5 Å². The van der Waals surface area contributed by atoms with Crippen LogP contribution in [0.15, 0.2) is 48.8 Å². The highest BCUT2D eigenvalue weighted by atomic mass is 19.1. The van der Waals surface area contributed by atoms with Crippen molar-refractivity contribution >= 4 is 28.2 Å². The summed E-state index contributed by atoms with van der Waals surface area (Å²) in [6, 6.07) is 14.7. The molecule has 0 unspecified atom stereocenters. The molecule has 6 rings (SSSR count). The lowest BCUT2D eigenvalue weighted by Crippen LogP contribution is -2.55. The van der Waals surface area contributed by atoms with Crippen molar-refractivity contribution in [3.8, 4) is 12.1 Å². The molecule has 2 fully saturated rings. The van der Waals surface area contributed by atoms with Crippen LogP contribution in [-0.4, -0.2) is 72.8 Å². The van der Waals surface area contributed by atoms with E-state index in [1.54, 1.807) is 0 Å². The highest BCUT2D eigenvalue weighted by Crippen LogP contribution is 2.36. The lowest BCUT2D eigenvalue weighted by atomic mass is 9.99. The van der Waals surface area contributed by atoms with Crippen LogP contribution in [0.2, 0.25) is 0 Å². The summed E-state index contributed by atoms with van der Waals surface area (Å²) in [5.41, 5.74) is 4.35. The van der Waals surface area contributed by atoms with Crippen LogP contribution in [0.4, 0.5) is 15.9 Å². The number of hydrogen-bond donors (Lipinski definition) is 0. The SMILES string of the molecule is C=C(F)C(=O)N1CCN(c2nc(OCC3COC3)nc3c2CCN(c2cccc4cccc(C)c24)C3)C[C@@H]1CC#N. The number of nitrogens with zero attached hydrogens (tertiary/aromatic N) is 6. The molecular weight excluding hydrogens is 523 g/mol. The average Bonchev–Trinajstić information content (AvgIpc) is 2.95. The van der Waals surface area contributed by atoms with Gasteiger partial charge in [-0.25, -0.2) is 4.39 Å². The number of amides is 1. The number of aryl methyl sites for hydroxylation is 1. The average molecular weight is 557 g/mol. The molecule has 10 heteroatoms. The molecule has 0 spiro atoms. The minimum atomic E-state index is -1.01. The predicted octanol–water partition coefficient (Wildman–Crippen LogP) is 3.94. The number of benzene rings is 2. The van der Waals surface area contributed by atoms with Crippen molar-refractivity contribution in [2.75, 3.05) is 55.8 Å². The van der Waals surface area contributed by atoms with E-state index in [0.29, 0.717) is 51.4 Å². The van der Waals surface area contributed by atoms with Crippen LogP contribution in [0, 0.1) is 24.2 Å². The van der Waals surface area contributed by atoms with Crippen LogP contribution in [-0.2, 0) is 22.5 Å². The Morgan fingerprint density at radius 1 is 1.17 bits per heavy atom. The summed E-state index contributed by atoms with van der Waals surface area (Å²) in [5, 5.41) is 11.9. The molecule has 3 aromatic rings. The van der Waals surface area contributed by atoms with Gasteiger partial charge in [0.1, 0.15) is 5.82 Å². The molecule has 4 heterocycles. The first kappa shape index (κ1) is 27.0. The van der Waals surface area contributed by atoms with Crippen molar-refractivity contribution in [2.24, 2.45) is 5.92 Å². The smallest absolute Gasteiger partial charge is 0.318 e. The number of carbonyl (C=O) groups is 1. The molecule has 1 aromatic heterocycles. The Hall–Kier alpha value is -4.23. The normalized spacial score (nSPS) is 19.0. The van der Waals surface area contributed by atoms with Gasteiger partial charge in [0, 0.05) is 48.7 Å². The third-order valence-electron chi connectivity index (χ3n) is 8.21. The highest BCUT2D eigenvalue weighted by Gasteiger charge is 2.35. The van der Waals surface area contributed by atoms with E-state index in [1.807, 2.05) is 0 Å². The van der Waals surface area contributed by atoms with Crippen LogP contribution in [0.3, 0.4) is 0 Å². The van der Waals surface area contributed by atoms with Crippen LogP contribution in [0.5, 0.6) is 6.01 Å². The largest absolute Gasteiger partial charge is 0.463 e. The standard InChI is InChI=1S/C31H33FN6O3/c1-20-5-3-6-23-7-4-8-27(28(20)23)36-12-10-25-26(16-36)34-31(41-19-22-17-40-18-22)35-29(25)37-13-14-38(30(39)21(2)32)24(15-37)9-11-33/h3-8,22,24H,2,9-10,12-19H2,1H3/t24-/m0/s1. The van der Waals surface area contributed by atoms with E-state index in [1.165, 1.54) is 26.9 Å². The summed E-state index contributed by atoms with van der Waals surface area (Å²) in [7, 11) is 0. The van der Waals surface area contributed by atoms with Gasteiger partial charge in [0.15, 0.2) is 5.83 Å². The van der Waals surface area contributed by atoms with Crippen LogP contribution >= 0.6 is 0 Å². The number of aromatic nitrogens is 2. The number of rotatable bonds is 7. The number of carbonyl (C=O) groups excluding carboxylic acids is 1. The molecule has 2 saturated heterocycles. The molecule has 3 aliphatic heterocycles. The maximum Gasteiger partial charge on any atom is 0.318 e. The fraction of sp³-hybridized carbons (Fsp3) is 0.419. The molecule has 2 aromatic carbocycles. The number of piperazine rings is 1. The number of halogens is 1. The Kier molecular flexibility index (Phi) is 7.45. The zero-order valence-electron chi connectivity index (χ0n) is 23.2. The van der Waals surface area contributed by atoms with E-state index in [4.69, 9.17) is 19.4 Å². The Morgan fingerprint density at radius 2 is 1.98 bits per heavy atom. The van der Waals surface area contributed by atoms with Gasteiger partial charge in [-0.1, -0.05) is 36.9 Å². The molecule has 1 atom stereocenters. The topological polar surface area (TPSA) is 94.8 Å². The number of ether oxygens (including phenoxy) is 2. The molecule has 0 radical (unpaired) electrons. The zero-order valence-corrected chi connectivity index (χ0v) is 23.2. The highest BCUT2D eigenvalue weighted by molar-refractivity contribution is 5.97. The molecule has 0 saturated carbocycles. The van der Waals surface area contributed by atoms with E-state index in [9.17, 15) is 14.4 Å². The fourth-order valence-electron chi connectivity index (χ4n) is 6.01. The lowest BCUT2D eigenvalue weighted by Gasteiger charge is -2.42. The van der Waals surface area contributed by atoms with E-state index >= 15 is 0 Å².